The maximum absolute atomic E-state index is 14.4. The first-order chi connectivity index (χ1) is 12.6. The predicted octanol–water partition coefficient (Wildman–Crippen LogP) is 6.76. The quantitative estimate of drug-likeness (QED) is 0.552. The molecule has 1 aliphatic carbocycles. The molecule has 1 saturated carbocycles. The summed E-state index contributed by atoms with van der Waals surface area (Å²) in [5, 5.41) is 0. The third kappa shape index (κ3) is 4.40. The summed E-state index contributed by atoms with van der Waals surface area (Å²) in [4.78, 5) is 0. The van der Waals surface area contributed by atoms with Gasteiger partial charge >= 0.3 is 0 Å². The van der Waals surface area contributed by atoms with Crippen molar-refractivity contribution in [3.8, 4) is 16.9 Å². The Hall–Kier alpha value is -1.97. The maximum atomic E-state index is 14.4. The number of rotatable bonds is 6. The van der Waals surface area contributed by atoms with Crippen molar-refractivity contribution < 1.29 is 17.9 Å². The van der Waals surface area contributed by atoms with Gasteiger partial charge in [-0.05, 0) is 54.5 Å². The molecule has 2 aromatic carbocycles. The van der Waals surface area contributed by atoms with Gasteiger partial charge in [0.05, 0.1) is 6.61 Å². The molecule has 1 fully saturated rings. The number of halogens is 3. The molecule has 0 radical (unpaired) electrons. The lowest BCUT2D eigenvalue weighted by Gasteiger charge is -2.28. The van der Waals surface area contributed by atoms with Crippen molar-refractivity contribution in [3.05, 3.63) is 53.8 Å². The molecular formula is C22H25F3O. The Labute approximate surface area is 153 Å². The lowest BCUT2D eigenvalue weighted by atomic mass is 9.80. The van der Waals surface area contributed by atoms with Gasteiger partial charge in [0.1, 0.15) is 5.82 Å². The van der Waals surface area contributed by atoms with Gasteiger partial charge in [-0.3, -0.25) is 0 Å². The van der Waals surface area contributed by atoms with E-state index < -0.39 is 17.5 Å². The summed E-state index contributed by atoms with van der Waals surface area (Å²) in [7, 11) is 0. The van der Waals surface area contributed by atoms with Crippen molar-refractivity contribution in [1.29, 1.82) is 0 Å². The fourth-order valence-electron chi connectivity index (χ4n) is 3.80. The van der Waals surface area contributed by atoms with Crippen LogP contribution in [0.25, 0.3) is 11.1 Å². The standard InChI is InChI=1S/C22H25F3O/c1-2-3-15-4-6-16(7-5-15)14-26-20-13-12-19(21(24)22(20)25)17-8-10-18(23)11-9-17/h8-13,15-16H,2-7,14H2,1H3. The molecule has 4 heteroatoms. The van der Waals surface area contributed by atoms with Crippen LogP contribution in [-0.2, 0) is 0 Å². The molecule has 0 aliphatic heterocycles. The topological polar surface area (TPSA) is 9.23 Å². The minimum absolute atomic E-state index is 0.0518. The molecule has 26 heavy (non-hydrogen) atoms. The summed E-state index contributed by atoms with van der Waals surface area (Å²) in [5.74, 6) is -1.19. The minimum atomic E-state index is -0.980. The van der Waals surface area contributed by atoms with Crippen LogP contribution >= 0.6 is 0 Å². The molecular weight excluding hydrogens is 337 g/mol. The average molecular weight is 362 g/mol. The van der Waals surface area contributed by atoms with Crippen LogP contribution in [-0.4, -0.2) is 6.61 Å². The van der Waals surface area contributed by atoms with Crippen LogP contribution < -0.4 is 4.74 Å². The van der Waals surface area contributed by atoms with E-state index in [9.17, 15) is 13.2 Å². The highest BCUT2D eigenvalue weighted by Crippen LogP contribution is 2.33. The zero-order chi connectivity index (χ0) is 18.5. The van der Waals surface area contributed by atoms with Gasteiger partial charge in [0.15, 0.2) is 11.6 Å². The van der Waals surface area contributed by atoms with Crippen molar-refractivity contribution in [2.24, 2.45) is 11.8 Å². The second kappa shape index (κ2) is 8.61. The van der Waals surface area contributed by atoms with E-state index in [0.29, 0.717) is 18.1 Å². The van der Waals surface area contributed by atoms with Gasteiger partial charge < -0.3 is 4.74 Å². The fraction of sp³-hybridized carbons (Fsp3) is 0.455. The van der Waals surface area contributed by atoms with Crippen molar-refractivity contribution >= 4 is 0 Å². The number of hydrogen-bond donors (Lipinski definition) is 0. The van der Waals surface area contributed by atoms with Crippen molar-refractivity contribution in [3.63, 3.8) is 0 Å². The molecule has 0 aromatic heterocycles. The highest BCUT2D eigenvalue weighted by Gasteiger charge is 2.22. The van der Waals surface area contributed by atoms with Crippen LogP contribution in [0.3, 0.4) is 0 Å². The van der Waals surface area contributed by atoms with Crippen LogP contribution in [0.1, 0.15) is 45.4 Å². The zero-order valence-electron chi connectivity index (χ0n) is 15.1. The second-order valence-corrected chi connectivity index (χ2v) is 7.23. The summed E-state index contributed by atoms with van der Waals surface area (Å²) in [6.07, 6.45) is 7.06. The SMILES string of the molecule is CCCC1CCC(COc2ccc(-c3ccc(F)cc3)c(F)c2F)CC1. The largest absolute Gasteiger partial charge is 0.490 e. The summed E-state index contributed by atoms with van der Waals surface area (Å²) in [6, 6.07) is 8.27. The molecule has 140 valence electrons. The second-order valence-electron chi connectivity index (χ2n) is 7.23. The van der Waals surface area contributed by atoms with Crippen LogP contribution in [0.5, 0.6) is 5.75 Å². The minimum Gasteiger partial charge on any atom is -0.490 e. The Morgan fingerprint density at radius 1 is 0.846 bits per heavy atom. The van der Waals surface area contributed by atoms with Gasteiger partial charge in [-0.2, -0.15) is 4.39 Å². The third-order valence-electron chi connectivity index (χ3n) is 5.34. The van der Waals surface area contributed by atoms with Crippen LogP contribution in [0.2, 0.25) is 0 Å². The van der Waals surface area contributed by atoms with Gasteiger partial charge in [-0.15, -0.1) is 0 Å². The first-order valence-electron chi connectivity index (χ1n) is 9.45. The molecule has 0 heterocycles. The van der Waals surface area contributed by atoms with Gasteiger partial charge in [0, 0.05) is 5.56 Å². The van der Waals surface area contributed by atoms with Crippen molar-refractivity contribution in [1.82, 2.24) is 0 Å². The molecule has 0 N–H and O–H groups in total. The Bertz CT molecular complexity index is 719. The van der Waals surface area contributed by atoms with Crippen LogP contribution in [0.15, 0.2) is 36.4 Å². The van der Waals surface area contributed by atoms with E-state index in [0.717, 1.165) is 18.8 Å². The van der Waals surface area contributed by atoms with Gasteiger partial charge in [0.2, 0.25) is 5.82 Å². The molecule has 3 rings (SSSR count). The Morgan fingerprint density at radius 3 is 2.15 bits per heavy atom. The van der Waals surface area contributed by atoms with Crippen molar-refractivity contribution in [2.75, 3.05) is 6.61 Å². The van der Waals surface area contributed by atoms with Gasteiger partial charge in [-0.1, -0.05) is 44.7 Å². The molecule has 0 unspecified atom stereocenters. The first kappa shape index (κ1) is 18.8. The van der Waals surface area contributed by atoms with E-state index >= 15 is 0 Å². The summed E-state index contributed by atoms with van der Waals surface area (Å²) in [5.41, 5.74) is 0.540. The van der Waals surface area contributed by atoms with E-state index in [1.165, 1.54) is 62.1 Å². The van der Waals surface area contributed by atoms with E-state index in [1.807, 2.05) is 0 Å². The van der Waals surface area contributed by atoms with Crippen LogP contribution in [0, 0.1) is 29.3 Å². The van der Waals surface area contributed by atoms with Gasteiger partial charge in [-0.25, -0.2) is 8.78 Å². The predicted molar refractivity (Wildman–Crippen MR) is 97.6 cm³/mol. The molecule has 0 atom stereocenters. The normalized spacial score (nSPS) is 20.2. The highest BCUT2D eigenvalue weighted by atomic mass is 19.2. The number of ether oxygens (including phenoxy) is 1. The molecule has 0 bridgehead atoms. The first-order valence-corrected chi connectivity index (χ1v) is 9.45. The molecule has 0 saturated heterocycles. The average Bonchev–Trinajstić information content (AvgIpc) is 2.65. The van der Waals surface area contributed by atoms with E-state index in [1.54, 1.807) is 0 Å². The number of hydrogen-bond acceptors (Lipinski definition) is 1. The molecule has 1 nitrogen and oxygen atoms in total. The summed E-state index contributed by atoms with van der Waals surface area (Å²) in [6.45, 7) is 2.63. The van der Waals surface area contributed by atoms with Crippen molar-refractivity contribution in [2.45, 2.75) is 45.4 Å². The molecule has 1 aliphatic rings. The molecule has 0 spiro atoms. The Kier molecular flexibility index (Phi) is 6.23. The van der Waals surface area contributed by atoms with Crippen LogP contribution in [0.4, 0.5) is 13.2 Å². The van der Waals surface area contributed by atoms with E-state index in [4.69, 9.17) is 4.74 Å². The maximum Gasteiger partial charge on any atom is 0.201 e. The smallest absolute Gasteiger partial charge is 0.201 e. The monoisotopic (exact) mass is 362 g/mol. The molecule has 0 amide bonds. The van der Waals surface area contributed by atoms with Gasteiger partial charge in [0.25, 0.3) is 0 Å². The fourth-order valence-corrected chi connectivity index (χ4v) is 3.80. The molecule has 2 aromatic rings. The summed E-state index contributed by atoms with van der Waals surface area (Å²) >= 11 is 0. The Morgan fingerprint density at radius 2 is 1.50 bits per heavy atom. The lowest BCUT2D eigenvalue weighted by molar-refractivity contribution is 0.173. The van der Waals surface area contributed by atoms with E-state index in [-0.39, 0.29) is 11.3 Å². The number of benzene rings is 2. The Balaban J connectivity index is 1.63. The van der Waals surface area contributed by atoms with E-state index in [2.05, 4.69) is 6.92 Å². The highest BCUT2D eigenvalue weighted by molar-refractivity contribution is 5.65. The lowest BCUT2D eigenvalue weighted by Crippen LogP contribution is -2.20. The summed E-state index contributed by atoms with van der Waals surface area (Å²) < 4.78 is 47.4. The zero-order valence-corrected chi connectivity index (χ0v) is 15.1. The third-order valence-corrected chi connectivity index (χ3v) is 5.34.